The minimum Gasteiger partial charge on any atom is -0.309 e. The summed E-state index contributed by atoms with van der Waals surface area (Å²) < 4.78 is 2.59. The molecule has 0 atom stereocenters. The highest BCUT2D eigenvalue weighted by Gasteiger charge is 2.24. The van der Waals surface area contributed by atoms with E-state index in [2.05, 4.69) is 217 Å². The van der Waals surface area contributed by atoms with Crippen molar-refractivity contribution in [3.63, 3.8) is 0 Å². The fourth-order valence-corrected chi connectivity index (χ4v) is 9.65. The fraction of sp³-hybridized carbons (Fsp3) is 0. The first-order valence-corrected chi connectivity index (χ1v) is 20.0. The minimum absolute atomic E-state index is 1.12. The number of hydrogen-bond acceptors (Lipinski definition) is 2. The highest BCUT2D eigenvalue weighted by Crippen LogP contribution is 2.50. The highest BCUT2D eigenvalue weighted by atomic mass is 32.1. The van der Waals surface area contributed by atoms with E-state index in [1.165, 1.54) is 85.9 Å². The van der Waals surface area contributed by atoms with Gasteiger partial charge in [0.25, 0.3) is 0 Å². The second-order valence-corrected chi connectivity index (χ2v) is 15.6. The van der Waals surface area contributed by atoms with Crippen LogP contribution in [-0.4, -0.2) is 0 Å². The predicted octanol–water partition coefficient (Wildman–Crippen LogP) is 16.0. The summed E-state index contributed by atoms with van der Waals surface area (Å²) in [5.41, 5.74) is 10.5. The second-order valence-electron chi connectivity index (χ2n) is 14.5. The molecule has 0 fully saturated rings. The van der Waals surface area contributed by atoms with Crippen LogP contribution in [0.2, 0.25) is 0 Å². The zero-order chi connectivity index (χ0) is 37.0. The molecule has 1 heterocycles. The Morgan fingerprint density at radius 3 is 1.79 bits per heavy atom. The molecule has 0 aliphatic carbocycles. The Labute approximate surface area is 330 Å². The van der Waals surface area contributed by atoms with Gasteiger partial charge in [0.15, 0.2) is 0 Å². The van der Waals surface area contributed by atoms with Crippen molar-refractivity contribution >= 4 is 80.9 Å². The Hall–Kier alpha value is -7.00. The number of hydrogen-bond donors (Lipinski definition) is 0. The van der Waals surface area contributed by atoms with Crippen molar-refractivity contribution in [1.82, 2.24) is 0 Å². The lowest BCUT2D eigenvalue weighted by Crippen LogP contribution is -2.13. The van der Waals surface area contributed by atoms with E-state index in [0.717, 1.165) is 17.1 Å². The zero-order valence-corrected chi connectivity index (χ0v) is 31.4. The molecule has 0 radical (unpaired) electrons. The summed E-state index contributed by atoms with van der Waals surface area (Å²) in [6.45, 7) is 0. The summed E-state index contributed by atoms with van der Waals surface area (Å²) in [4.78, 5) is 2.52. The average molecular weight is 730 g/mol. The van der Waals surface area contributed by atoms with E-state index in [1.54, 1.807) is 0 Å². The maximum Gasteiger partial charge on any atom is 0.0546 e. The molecule has 1 aromatic heterocycles. The predicted molar refractivity (Wildman–Crippen MR) is 243 cm³/mol. The summed E-state index contributed by atoms with van der Waals surface area (Å²) in [7, 11) is 0. The van der Waals surface area contributed by atoms with Crippen LogP contribution < -0.4 is 4.90 Å². The van der Waals surface area contributed by atoms with Crippen molar-refractivity contribution in [2.75, 3.05) is 4.90 Å². The SMILES string of the molecule is c1ccc(-c2ccc(N(c3ccc4sc5ccccc5c4c3)c3ccc4ccccc4c3-c3cccc4ccccc34)c(-c3ccc4ccccc4c3)c2)cc1. The van der Waals surface area contributed by atoms with Crippen molar-refractivity contribution < 1.29 is 0 Å². The summed E-state index contributed by atoms with van der Waals surface area (Å²) >= 11 is 1.86. The number of thiophene rings is 1. The largest absolute Gasteiger partial charge is 0.309 e. The standard InChI is InChI=1S/C54H35NS/c1-2-13-36(14-3-1)41-28-30-50(48(34-41)42-26-25-37-15-4-5-18-40(37)33-42)55(43-29-32-53-49(35-43)46-22-10-11-24-52(46)56-53)51-31-27-39-17-7-9-21-45(39)54(51)47-23-12-19-38-16-6-8-20-44(38)47/h1-35H. The third kappa shape index (κ3) is 5.46. The molecule has 1 nitrogen and oxygen atoms in total. The molecule has 0 saturated carbocycles. The van der Waals surface area contributed by atoms with Crippen LogP contribution in [0.5, 0.6) is 0 Å². The molecule has 10 aromatic carbocycles. The average Bonchev–Trinajstić information content (AvgIpc) is 3.64. The first-order valence-electron chi connectivity index (χ1n) is 19.2. The van der Waals surface area contributed by atoms with Crippen LogP contribution in [0, 0.1) is 0 Å². The summed E-state index contributed by atoms with van der Waals surface area (Å²) in [6.07, 6.45) is 0. The van der Waals surface area contributed by atoms with Crippen molar-refractivity contribution in [3.05, 3.63) is 212 Å². The van der Waals surface area contributed by atoms with E-state index < -0.39 is 0 Å². The van der Waals surface area contributed by atoms with Crippen LogP contribution in [0.25, 0.3) is 85.9 Å². The van der Waals surface area contributed by atoms with E-state index in [-0.39, 0.29) is 0 Å². The van der Waals surface area contributed by atoms with Gasteiger partial charge in [0.05, 0.1) is 11.4 Å². The normalized spacial score (nSPS) is 11.6. The Bertz CT molecular complexity index is 3260. The molecule has 0 N–H and O–H groups in total. The van der Waals surface area contributed by atoms with Gasteiger partial charge in [-0.3, -0.25) is 0 Å². The highest BCUT2D eigenvalue weighted by molar-refractivity contribution is 7.25. The lowest BCUT2D eigenvalue weighted by molar-refractivity contribution is 1.30. The molecule has 0 spiro atoms. The molecule has 0 unspecified atom stereocenters. The van der Waals surface area contributed by atoms with Gasteiger partial charge in [-0.2, -0.15) is 0 Å². The van der Waals surface area contributed by atoms with Gasteiger partial charge in [-0.15, -0.1) is 11.3 Å². The van der Waals surface area contributed by atoms with Crippen LogP contribution >= 0.6 is 11.3 Å². The molecular weight excluding hydrogens is 695 g/mol. The molecule has 0 saturated heterocycles. The third-order valence-corrected chi connectivity index (χ3v) is 12.4. The minimum atomic E-state index is 1.12. The summed E-state index contributed by atoms with van der Waals surface area (Å²) in [6, 6.07) is 78.1. The fourth-order valence-electron chi connectivity index (χ4n) is 8.56. The van der Waals surface area contributed by atoms with Gasteiger partial charge < -0.3 is 4.90 Å². The first kappa shape index (κ1) is 32.4. The van der Waals surface area contributed by atoms with Gasteiger partial charge in [0, 0.05) is 37.0 Å². The van der Waals surface area contributed by atoms with Gasteiger partial charge in [-0.05, 0) is 103 Å². The zero-order valence-electron chi connectivity index (χ0n) is 30.6. The molecule has 11 aromatic rings. The second kappa shape index (κ2) is 13.4. The van der Waals surface area contributed by atoms with Crippen LogP contribution in [0.15, 0.2) is 212 Å². The van der Waals surface area contributed by atoms with Gasteiger partial charge >= 0.3 is 0 Å². The third-order valence-electron chi connectivity index (χ3n) is 11.2. The molecule has 0 amide bonds. The van der Waals surface area contributed by atoms with E-state index in [1.807, 2.05) is 11.3 Å². The number of rotatable bonds is 6. The first-order chi connectivity index (χ1) is 27.8. The molecule has 2 heteroatoms. The Balaban J connectivity index is 1.26. The smallest absolute Gasteiger partial charge is 0.0546 e. The summed E-state index contributed by atoms with van der Waals surface area (Å²) in [5, 5.41) is 9.92. The molecule has 0 aliphatic heterocycles. The Morgan fingerprint density at radius 2 is 0.929 bits per heavy atom. The van der Waals surface area contributed by atoms with Crippen LogP contribution in [0.3, 0.4) is 0 Å². The Kier molecular flexibility index (Phi) is 7.75. The van der Waals surface area contributed by atoms with E-state index in [4.69, 9.17) is 0 Å². The van der Waals surface area contributed by atoms with Gasteiger partial charge in [0.1, 0.15) is 0 Å². The van der Waals surface area contributed by atoms with Gasteiger partial charge in [0.2, 0.25) is 0 Å². The Morgan fingerprint density at radius 1 is 0.304 bits per heavy atom. The van der Waals surface area contributed by atoms with E-state index >= 15 is 0 Å². The molecule has 11 rings (SSSR count). The van der Waals surface area contributed by atoms with E-state index in [9.17, 15) is 0 Å². The number of anilines is 3. The number of nitrogens with zero attached hydrogens (tertiary/aromatic N) is 1. The van der Waals surface area contributed by atoms with Crippen molar-refractivity contribution in [1.29, 1.82) is 0 Å². The van der Waals surface area contributed by atoms with Crippen molar-refractivity contribution in [2.45, 2.75) is 0 Å². The van der Waals surface area contributed by atoms with Gasteiger partial charge in [-0.25, -0.2) is 0 Å². The van der Waals surface area contributed by atoms with Crippen LogP contribution in [-0.2, 0) is 0 Å². The number of fused-ring (bicyclic) bond motifs is 6. The van der Waals surface area contributed by atoms with Crippen molar-refractivity contribution in [3.8, 4) is 33.4 Å². The van der Waals surface area contributed by atoms with Crippen molar-refractivity contribution in [2.24, 2.45) is 0 Å². The van der Waals surface area contributed by atoms with E-state index in [0.29, 0.717) is 0 Å². The molecule has 262 valence electrons. The van der Waals surface area contributed by atoms with Crippen LogP contribution in [0.1, 0.15) is 0 Å². The maximum absolute atomic E-state index is 2.52. The quantitative estimate of drug-likeness (QED) is 0.165. The van der Waals surface area contributed by atoms with Crippen LogP contribution in [0.4, 0.5) is 17.1 Å². The van der Waals surface area contributed by atoms with Gasteiger partial charge in [-0.1, -0.05) is 164 Å². The lowest BCUT2D eigenvalue weighted by Gasteiger charge is -2.31. The molecule has 0 aliphatic rings. The summed E-state index contributed by atoms with van der Waals surface area (Å²) in [5.74, 6) is 0. The maximum atomic E-state index is 2.52. The molecule has 0 bridgehead atoms. The molecule has 56 heavy (non-hydrogen) atoms. The topological polar surface area (TPSA) is 3.24 Å². The monoisotopic (exact) mass is 729 g/mol. The number of benzene rings is 10. The lowest BCUT2D eigenvalue weighted by atomic mass is 9.90. The molecular formula is C54H35NS.